The summed E-state index contributed by atoms with van der Waals surface area (Å²) in [7, 11) is 0. The summed E-state index contributed by atoms with van der Waals surface area (Å²) in [4.78, 5) is 7.02. The highest BCUT2D eigenvalue weighted by atomic mass is 35.5. The Kier molecular flexibility index (Phi) is 8.73. The molecule has 2 aliphatic heterocycles. The van der Waals surface area contributed by atoms with Gasteiger partial charge < -0.3 is 16.0 Å². The molecule has 1 unspecified atom stereocenters. The normalized spacial score (nSPS) is 16.1. The van der Waals surface area contributed by atoms with Gasteiger partial charge in [0.25, 0.3) is 0 Å². The molecule has 5 aromatic rings. The number of pyridine rings is 1. The molecule has 48 heavy (non-hydrogen) atoms. The molecular weight excluding hydrogens is 648 g/mol. The van der Waals surface area contributed by atoms with E-state index in [2.05, 4.69) is 82.3 Å². The Morgan fingerprint density at radius 1 is 1.04 bits per heavy atom. The Balaban J connectivity index is 1.27. The minimum atomic E-state index is -0.530. The number of fused-ring (bicyclic) bond motifs is 2. The van der Waals surface area contributed by atoms with E-state index in [0.717, 1.165) is 50.3 Å². The van der Waals surface area contributed by atoms with Gasteiger partial charge in [-0.2, -0.15) is 5.26 Å². The lowest BCUT2D eigenvalue weighted by Gasteiger charge is -2.40. The molecule has 0 spiro atoms. The average molecular weight is 685 g/mol. The number of aromatic nitrogens is 4. The quantitative estimate of drug-likeness (QED) is 0.158. The van der Waals surface area contributed by atoms with Gasteiger partial charge >= 0.3 is 0 Å². The van der Waals surface area contributed by atoms with Gasteiger partial charge in [-0.25, -0.2) is 9.07 Å². The molecule has 0 amide bonds. The number of hydrogen-bond donors (Lipinski definition) is 3. The van der Waals surface area contributed by atoms with Gasteiger partial charge in [-0.15, -0.1) is 5.10 Å². The molecule has 0 bridgehead atoms. The zero-order valence-corrected chi connectivity index (χ0v) is 28.5. The van der Waals surface area contributed by atoms with Gasteiger partial charge in [-0.05, 0) is 80.6 Å². The van der Waals surface area contributed by atoms with Crippen molar-refractivity contribution in [1.29, 1.82) is 5.26 Å². The predicted octanol–water partition coefficient (Wildman–Crippen LogP) is 8.13. The minimum Gasteiger partial charge on any atom is -0.373 e. The van der Waals surface area contributed by atoms with Gasteiger partial charge in [0.1, 0.15) is 17.6 Å². The van der Waals surface area contributed by atoms with E-state index in [1.165, 1.54) is 29.5 Å². The number of likely N-dealkylation sites (tertiary alicyclic amines) is 1. The summed E-state index contributed by atoms with van der Waals surface area (Å²) < 4.78 is 16.0. The zero-order valence-electron chi connectivity index (χ0n) is 27.0. The summed E-state index contributed by atoms with van der Waals surface area (Å²) in [5, 5.41) is 30.8. The van der Waals surface area contributed by atoms with Crippen molar-refractivity contribution < 1.29 is 4.39 Å². The molecule has 1 atom stereocenters. The molecule has 3 N–H and O–H groups in total. The van der Waals surface area contributed by atoms with Gasteiger partial charge in [0, 0.05) is 54.7 Å². The maximum atomic E-state index is 13.9. The summed E-state index contributed by atoms with van der Waals surface area (Å²) in [5.41, 5.74) is 7.08. The fourth-order valence-corrected chi connectivity index (χ4v) is 7.24. The van der Waals surface area contributed by atoms with Crippen molar-refractivity contribution in [3.63, 3.8) is 0 Å². The van der Waals surface area contributed by atoms with Crippen LogP contribution in [0.5, 0.6) is 0 Å². The van der Waals surface area contributed by atoms with Crippen LogP contribution in [0.2, 0.25) is 10.0 Å². The van der Waals surface area contributed by atoms with E-state index in [-0.39, 0.29) is 22.6 Å². The second kappa shape index (κ2) is 13.0. The largest absolute Gasteiger partial charge is 0.373 e. The highest BCUT2D eigenvalue weighted by Gasteiger charge is 2.30. The van der Waals surface area contributed by atoms with Crippen LogP contribution in [0, 0.1) is 17.1 Å². The fraction of sp³-hybridized carbons (Fsp3) is 0.333. The van der Waals surface area contributed by atoms with Crippen LogP contribution in [0.1, 0.15) is 73.6 Å². The van der Waals surface area contributed by atoms with E-state index in [0.29, 0.717) is 38.6 Å². The van der Waals surface area contributed by atoms with E-state index in [1.807, 2.05) is 16.8 Å². The molecule has 4 heterocycles. The van der Waals surface area contributed by atoms with E-state index < -0.39 is 5.82 Å². The average Bonchev–Trinajstić information content (AvgIpc) is 3.76. The minimum absolute atomic E-state index is 0.0298. The predicted molar refractivity (Wildman–Crippen MR) is 188 cm³/mol. The van der Waals surface area contributed by atoms with Crippen LogP contribution in [0.3, 0.4) is 0 Å². The van der Waals surface area contributed by atoms with Crippen LogP contribution < -0.4 is 16.0 Å². The fourth-order valence-electron chi connectivity index (χ4n) is 6.79. The Hall–Kier alpha value is -4.27. The van der Waals surface area contributed by atoms with Crippen molar-refractivity contribution in [2.75, 3.05) is 23.7 Å². The number of rotatable bonds is 7. The number of hydrogen-bond acceptors (Lipinski definition) is 8. The molecule has 246 valence electrons. The van der Waals surface area contributed by atoms with Gasteiger partial charge in [0.2, 0.25) is 0 Å². The lowest BCUT2D eigenvalue weighted by molar-refractivity contribution is 0.0866. The van der Waals surface area contributed by atoms with Crippen LogP contribution in [0.4, 0.5) is 21.5 Å². The Bertz CT molecular complexity index is 2040. The third-order valence-electron chi connectivity index (χ3n) is 9.39. The van der Waals surface area contributed by atoms with Crippen LogP contribution in [0.15, 0.2) is 60.9 Å². The molecule has 12 heteroatoms. The number of halogens is 3. The Morgan fingerprint density at radius 2 is 1.83 bits per heavy atom. The third kappa shape index (κ3) is 6.31. The maximum Gasteiger partial charge on any atom is 0.141 e. The van der Waals surface area contributed by atoms with E-state index in [1.54, 1.807) is 6.07 Å². The first-order valence-electron chi connectivity index (χ1n) is 16.1. The summed E-state index contributed by atoms with van der Waals surface area (Å²) >= 11 is 12.9. The first-order chi connectivity index (χ1) is 23.1. The second-order valence-corrected chi connectivity index (χ2v) is 14.3. The van der Waals surface area contributed by atoms with Crippen molar-refractivity contribution in [2.45, 2.75) is 64.3 Å². The van der Waals surface area contributed by atoms with E-state index in [4.69, 9.17) is 28.3 Å². The first kappa shape index (κ1) is 32.3. The van der Waals surface area contributed by atoms with Crippen LogP contribution >= 0.6 is 23.2 Å². The van der Waals surface area contributed by atoms with Crippen molar-refractivity contribution in [2.24, 2.45) is 0 Å². The van der Waals surface area contributed by atoms with Crippen LogP contribution in [-0.4, -0.2) is 43.5 Å². The molecule has 0 saturated carbocycles. The SMILES string of the molecule is CC(C)(C)N1CCC(n2cc(C(Nc3cc(Cl)c4ncc(C#N)c(Nc5ccc(F)c(Cl)c5)c4c3)c3cccc4c3CNC4)nn2)CC1. The molecule has 1 saturated heterocycles. The van der Waals surface area contributed by atoms with Crippen molar-refractivity contribution >= 4 is 51.2 Å². The number of nitrogens with one attached hydrogen (secondary N) is 3. The third-order valence-corrected chi connectivity index (χ3v) is 9.97. The topological polar surface area (TPSA) is 107 Å². The zero-order chi connectivity index (χ0) is 33.6. The molecule has 9 nitrogen and oxygen atoms in total. The number of nitrogens with zero attached hydrogens (tertiary/aromatic N) is 6. The lowest BCUT2D eigenvalue weighted by atomic mass is 9.95. The number of piperidine rings is 1. The van der Waals surface area contributed by atoms with Crippen LogP contribution in [-0.2, 0) is 13.1 Å². The summed E-state index contributed by atoms with van der Waals surface area (Å²) in [5.74, 6) is -0.530. The molecule has 0 aliphatic carbocycles. The second-order valence-electron chi connectivity index (χ2n) is 13.4. The molecule has 2 aliphatic rings. The Labute approximate surface area is 289 Å². The summed E-state index contributed by atoms with van der Waals surface area (Å²) in [6, 6.07) is 16.6. The monoisotopic (exact) mass is 683 g/mol. The summed E-state index contributed by atoms with van der Waals surface area (Å²) in [6.07, 6.45) is 5.56. The highest BCUT2D eigenvalue weighted by molar-refractivity contribution is 6.36. The molecule has 1 fully saturated rings. The van der Waals surface area contributed by atoms with Gasteiger partial charge in [0.15, 0.2) is 0 Å². The standard InChI is InChI=1S/C36H36Cl2FN9/c1-36(2,3)47-11-9-25(10-12-47)48-20-32(45-46-48)35(26-6-4-5-21-17-41-19-28(21)26)44-24-13-27-33(43-23-7-8-31(39)29(37)14-23)22(16-40)18-42-34(27)30(38)15-24/h4-8,13-15,18,20,25,35,41,44H,9-12,17,19H2,1-3H3,(H,42,43). The molecular formula is C36H36Cl2FN9. The summed E-state index contributed by atoms with van der Waals surface area (Å²) in [6.45, 7) is 10.4. The van der Waals surface area contributed by atoms with Gasteiger partial charge in [-0.1, -0.05) is 46.6 Å². The van der Waals surface area contributed by atoms with E-state index >= 15 is 0 Å². The molecule has 2 aromatic heterocycles. The maximum absolute atomic E-state index is 13.9. The smallest absolute Gasteiger partial charge is 0.141 e. The van der Waals surface area contributed by atoms with Gasteiger partial charge in [-0.3, -0.25) is 9.88 Å². The van der Waals surface area contributed by atoms with E-state index in [9.17, 15) is 9.65 Å². The first-order valence-corrected chi connectivity index (χ1v) is 16.8. The highest BCUT2D eigenvalue weighted by Crippen LogP contribution is 2.38. The Morgan fingerprint density at radius 3 is 2.58 bits per heavy atom. The van der Waals surface area contributed by atoms with Crippen molar-refractivity contribution in [3.05, 3.63) is 105 Å². The molecule has 7 rings (SSSR count). The van der Waals surface area contributed by atoms with Crippen molar-refractivity contribution in [3.8, 4) is 6.07 Å². The molecule has 0 radical (unpaired) electrons. The number of anilines is 3. The van der Waals surface area contributed by atoms with Gasteiger partial charge in [0.05, 0.1) is 45.1 Å². The number of nitriles is 1. The molecule has 3 aromatic carbocycles. The number of benzene rings is 3. The van der Waals surface area contributed by atoms with Crippen molar-refractivity contribution in [1.82, 2.24) is 30.2 Å². The van der Waals surface area contributed by atoms with Crippen LogP contribution in [0.25, 0.3) is 10.9 Å². The lowest BCUT2D eigenvalue weighted by Crippen LogP contribution is -2.46.